The van der Waals surface area contributed by atoms with Gasteiger partial charge in [0.05, 0.1) is 17.1 Å². The van der Waals surface area contributed by atoms with Crippen molar-refractivity contribution in [2.24, 2.45) is 0 Å². The Morgan fingerprint density at radius 1 is 1.22 bits per heavy atom. The lowest BCUT2D eigenvalue weighted by atomic mass is 10.4. The lowest BCUT2D eigenvalue weighted by molar-refractivity contribution is 0.578. The van der Waals surface area contributed by atoms with Gasteiger partial charge in [0.1, 0.15) is 4.90 Å². The van der Waals surface area contributed by atoms with E-state index in [4.69, 9.17) is 0 Å². The number of H-pyrrole nitrogens is 1. The Morgan fingerprint density at radius 3 is 2.28 bits per heavy atom. The Hall–Kier alpha value is -0.970. The minimum atomic E-state index is -3.74. The van der Waals surface area contributed by atoms with E-state index < -0.39 is 20.0 Å². The molecular weight excluding hydrogens is 280 g/mol. The molecular formula is C8H16N4O4S2. The summed E-state index contributed by atoms with van der Waals surface area (Å²) < 4.78 is 50.5. The second-order valence-corrected chi connectivity index (χ2v) is 7.43. The van der Waals surface area contributed by atoms with Gasteiger partial charge in [-0.3, -0.25) is 5.10 Å². The zero-order chi connectivity index (χ0) is 14.0. The van der Waals surface area contributed by atoms with Crippen LogP contribution < -0.4 is 9.44 Å². The van der Waals surface area contributed by atoms with E-state index in [9.17, 15) is 16.8 Å². The molecule has 1 aromatic rings. The van der Waals surface area contributed by atoms with Gasteiger partial charge in [0.15, 0.2) is 0 Å². The maximum absolute atomic E-state index is 11.9. The van der Waals surface area contributed by atoms with Crippen LogP contribution in [0.25, 0.3) is 0 Å². The molecule has 0 saturated carbocycles. The summed E-state index contributed by atoms with van der Waals surface area (Å²) in [5.74, 6) is -0.321. The molecule has 0 bridgehead atoms. The lowest BCUT2D eigenvalue weighted by Gasteiger charge is -2.06. The summed E-state index contributed by atoms with van der Waals surface area (Å²) in [5, 5.41) is 6.34. The standard InChI is InChI=1S/C8H16N4O4S2/c1-6-8(7(2)12-11-6)18(15,16)10-4-5-17(13,14)9-3/h9-10H,4-5H2,1-3H3,(H,11,12). The van der Waals surface area contributed by atoms with E-state index in [0.29, 0.717) is 11.4 Å². The normalized spacial score (nSPS) is 12.8. The summed E-state index contributed by atoms with van der Waals surface area (Å²) in [5.41, 5.74) is 0.757. The fourth-order valence-electron chi connectivity index (χ4n) is 1.42. The lowest BCUT2D eigenvalue weighted by Crippen LogP contribution is -2.33. The van der Waals surface area contributed by atoms with E-state index in [1.54, 1.807) is 13.8 Å². The fraction of sp³-hybridized carbons (Fsp3) is 0.625. The van der Waals surface area contributed by atoms with E-state index >= 15 is 0 Å². The van der Waals surface area contributed by atoms with Crippen molar-refractivity contribution in [3.05, 3.63) is 11.4 Å². The fourth-order valence-corrected chi connectivity index (χ4v) is 3.52. The molecule has 1 heterocycles. The molecule has 10 heteroatoms. The number of sulfonamides is 2. The van der Waals surface area contributed by atoms with Crippen LogP contribution in [-0.2, 0) is 20.0 Å². The smallest absolute Gasteiger partial charge is 0.244 e. The van der Waals surface area contributed by atoms with Crippen LogP contribution in [-0.4, -0.2) is 46.4 Å². The molecule has 3 N–H and O–H groups in total. The number of aryl methyl sites for hydroxylation is 2. The molecule has 1 aromatic heterocycles. The Morgan fingerprint density at radius 2 is 1.83 bits per heavy atom. The highest BCUT2D eigenvalue weighted by atomic mass is 32.2. The number of rotatable bonds is 6. The van der Waals surface area contributed by atoms with Gasteiger partial charge in [0.25, 0.3) is 0 Å². The van der Waals surface area contributed by atoms with Crippen molar-refractivity contribution in [2.75, 3.05) is 19.3 Å². The number of nitrogens with zero attached hydrogens (tertiary/aromatic N) is 1. The van der Waals surface area contributed by atoms with E-state index in [-0.39, 0.29) is 17.2 Å². The van der Waals surface area contributed by atoms with Crippen LogP contribution in [0.15, 0.2) is 4.90 Å². The Bertz CT molecular complexity index is 598. The summed E-state index contributed by atoms with van der Waals surface area (Å²) in [7, 11) is -5.90. The van der Waals surface area contributed by atoms with Crippen LogP contribution in [0.5, 0.6) is 0 Å². The van der Waals surface area contributed by atoms with Crippen LogP contribution in [0.1, 0.15) is 11.4 Å². The van der Waals surface area contributed by atoms with Crippen molar-refractivity contribution >= 4 is 20.0 Å². The third kappa shape index (κ3) is 3.51. The number of nitrogens with one attached hydrogen (secondary N) is 3. The van der Waals surface area contributed by atoms with Crippen molar-refractivity contribution in [1.82, 2.24) is 19.6 Å². The van der Waals surface area contributed by atoms with Crippen LogP contribution in [0, 0.1) is 13.8 Å². The molecule has 18 heavy (non-hydrogen) atoms. The molecule has 0 unspecified atom stereocenters. The first-order valence-corrected chi connectivity index (χ1v) is 8.25. The zero-order valence-corrected chi connectivity index (χ0v) is 11.9. The molecule has 104 valence electrons. The van der Waals surface area contributed by atoms with E-state index in [1.807, 2.05) is 0 Å². The van der Waals surface area contributed by atoms with Crippen molar-refractivity contribution < 1.29 is 16.8 Å². The van der Waals surface area contributed by atoms with Crippen molar-refractivity contribution in [1.29, 1.82) is 0 Å². The predicted octanol–water partition coefficient (Wildman–Crippen LogP) is -1.15. The van der Waals surface area contributed by atoms with Gasteiger partial charge in [-0.2, -0.15) is 5.10 Å². The Kier molecular flexibility index (Phi) is 4.48. The first-order valence-electron chi connectivity index (χ1n) is 5.12. The number of hydrogen-bond acceptors (Lipinski definition) is 5. The summed E-state index contributed by atoms with van der Waals surface area (Å²) in [6, 6.07) is 0. The summed E-state index contributed by atoms with van der Waals surface area (Å²) in [6.45, 7) is 2.94. The van der Waals surface area contributed by atoms with E-state index in [2.05, 4.69) is 19.6 Å². The maximum Gasteiger partial charge on any atom is 0.244 e. The molecule has 1 rings (SSSR count). The highest BCUT2D eigenvalue weighted by Crippen LogP contribution is 2.15. The highest BCUT2D eigenvalue weighted by molar-refractivity contribution is 7.90. The summed E-state index contributed by atoms with van der Waals surface area (Å²) in [6.07, 6.45) is 0. The van der Waals surface area contributed by atoms with Crippen LogP contribution in [0.3, 0.4) is 0 Å². The van der Waals surface area contributed by atoms with Crippen molar-refractivity contribution in [3.8, 4) is 0 Å². The Balaban J connectivity index is 2.79. The van der Waals surface area contributed by atoms with Gasteiger partial charge >= 0.3 is 0 Å². The van der Waals surface area contributed by atoms with Gasteiger partial charge in [-0.05, 0) is 20.9 Å². The second kappa shape index (κ2) is 5.34. The Labute approximate surface area is 106 Å². The van der Waals surface area contributed by atoms with Crippen LogP contribution in [0.4, 0.5) is 0 Å². The van der Waals surface area contributed by atoms with Crippen molar-refractivity contribution in [3.63, 3.8) is 0 Å². The van der Waals surface area contributed by atoms with E-state index in [0.717, 1.165) is 0 Å². The SMILES string of the molecule is CNS(=O)(=O)CCNS(=O)(=O)c1c(C)n[nH]c1C. The average molecular weight is 296 g/mol. The minimum absolute atomic E-state index is 0.0596. The third-order valence-corrected chi connectivity index (χ3v) is 5.39. The van der Waals surface area contributed by atoms with Gasteiger partial charge in [-0.15, -0.1) is 0 Å². The zero-order valence-electron chi connectivity index (χ0n) is 10.3. The van der Waals surface area contributed by atoms with Crippen LogP contribution in [0.2, 0.25) is 0 Å². The van der Waals surface area contributed by atoms with Gasteiger partial charge < -0.3 is 0 Å². The first-order chi connectivity index (χ1) is 8.19. The average Bonchev–Trinajstić information content (AvgIpc) is 2.58. The van der Waals surface area contributed by atoms with Gasteiger partial charge in [0, 0.05) is 6.54 Å². The minimum Gasteiger partial charge on any atom is -0.281 e. The summed E-state index contributed by atoms with van der Waals surface area (Å²) >= 11 is 0. The molecule has 0 atom stereocenters. The highest BCUT2D eigenvalue weighted by Gasteiger charge is 2.22. The second-order valence-electron chi connectivity index (χ2n) is 3.68. The molecule has 0 aliphatic rings. The molecule has 0 amide bonds. The van der Waals surface area contributed by atoms with Gasteiger partial charge in [-0.25, -0.2) is 26.3 Å². The monoisotopic (exact) mass is 296 g/mol. The third-order valence-electron chi connectivity index (χ3n) is 2.30. The number of aromatic nitrogens is 2. The molecule has 0 fully saturated rings. The number of aromatic amines is 1. The number of hydrogen-bond donors (Lipinski definition) is 3. The molecule has 0 aliphatic heterocycles. The summed E-state index contributed by atoms with van der Waals surface area (Å²) in [4.78, 5) is 0.0596. The van der Waals surface area contributed by atoms with Crippen LogP contribution >= 0.6 is 0 Å². The maximum atomic E-state index is 11.9. The first kappa shape index (κ1) is 15.1. The molecule has 0 aromatic carbocycles. The predicted molar refractivity (Wildman–Crippen MR) is 66.1 cm³/mol. The van der Waals surface area contributed by atoms with Gasteiger partial charge in [0.2, 0.25) is 20.0 Å². The van der Waals surface area contributed by atoms with E-state index in [1.165, 1.54) is 7.05 Å². The van der Waals surface area contributed by atoms with Gasteiger partial charge in [-0.1, -0.05) is 0 Å². The largest absolute Gasteiger partial charge is 0.281 e. The quantitative estimate of drug-likeness (QED) is 0.612. The molecule has 0 aliphatic carbocycles. The molecule has 0 saturated heterocycles. The molecule has 8 nitrogen and oxygen atoms in total. The molecule has 0 radical (unpaired) electrons. The topological polar surface area (TPSA) is 121 Å². The van der Waals surface area contributed by atoms with Crippen molar-refractivity contribution in [2.45, 2.75) is 18.7 Å². The molecule has 0 spiro atoms.